The topological polar surface area (TPSA) is 48.8 Å². The monoisotopic (exact) mass is 256 g/mol. The molecule has 0 saturated carbocycles. The standard InChI is InChI=1S/C10H10Cl2N4/c11-8-2-1-3-9(12)7(8)6-15-16-10-13-4-5-14-10/h1-3,6H,4-5H2,(H2,13,14,16)/b15-6-. The van der Waals surface area contributed by atoms with E-state index in [0.29, 0.717) is 21.6 Å². The molecule has 16 heavy (non-hydrogen) atoms. The first-order valence-electron chi connectivity index (χ1n) is 4.79. The molecule has 1 aliphatic heterocycles. The molecular formula is C10H10Cl2N4. The van der Waals surface area contributed by atoms with Crippen molar-refractivity contribution in [1.82, 2.24) is 10.7 Å². The molecule has 0 saturated heterocycles. The van der Waals surface area contributed by atoms with E-state index in [0.717, 1.165) is 13.1 Å². The Balaban J connectivity index is 2.05. The lowest BCUT2D eigenvalue weighted by Gasteiger charge is -2.01. The summed E-state index contributed by atoms with van der Waals surface area (Å²) in [6, 6.07) is 5.32. The fraction of sp³-hybridized carbons (Fsp3) is 0.200. The summed E-state index contributed by atoms with van der Waals surface area (Å²) in [7, 11) is 0. The largest absolute Gasteiger partial charge is 0.353 e. The van der Waals surface area contributed by atoms with E-state index in [9.17, 15) is 0 Å². The second kappa shape index (κ2) is 5.18. The maximum Gasteiger partial charge on any atom is 0.212 e. The molecule has 0 atom stereocenters. The fourth-order valence-corrected chi connectivity index (χ4v) is 1.76. The van der Waals surface area contributed by atoms with Gasteiger partial charge in [0.1, 0.15) is 0 Å². The highest BCUT2D eigenvalue weighted by Gasteiger charge is 2.03. The fourth-order valence-electron chi connectivity index (χ4n) is 1.26. The van der Waals surface area contributed by atoms with Crippen LogP contribution >= 0.6 is 23.2 Å². The van der Waals surface area contributed by atoms with E-state index < -0.39 is 0 Å². The van der Waals surface area contributed by atoms with Crippen LogP contribution in [-0.4, -0.2) is 25.3 Å². The van der Waals surface area contributed by atoms with Gasteiger partial charge in [-0.05, 0) is 12.1 Å². The zero-order valence-corrected chi connectivity index (χ0v) is 9.89. The molecule has 6 heteroatoms. The van der Waals surface area contributed by atoms with Gasteiger partial charge >= 0.3 is 0 Å². The van der Waals surface area contributed by atoms with Gasteiger partial charge in [-0.25, -0.2) is 10.4 Å². The third-order valence-corrected chi connectivity index (χ3v) is 2.70. The Bertz CT molecular complexity index is 422. The van der Waals surface area contributed by atoms with Crippen LogP contribution in [0.2, 0.25) is 10.0 Å². The Morgan fingerprint density at radius 3 is 2.75 bits per heavy atom. The van der Waals surface area contributed by atoms with Crippen molar-refractivity contribution in [3.05, 3.63) is 33.8 Å². The van der Waals surface area contributed by atoms with Crippen LogP contribution in [0.25, 0.3) is 0 Å². The Morgan fingerprint density at radius 1 is 1.38 bits per heavy atom. The normalized spacial score (nSPS) is 15.0. The van der Waals surface area contributed by atoms with Crippen molar-refractivity contribution in [2.45, 2.75) is 0 Å². The summed E-state index contributed by atoms with van der Waals surface area (Å²) in [5, 5.41) is 8.18. The molecule has 84 valence electrons. The van der Waals surface area contributed by atoms with Crippen LogP contribution in [0.4, 0.5) is 0 Å². The van der Waals surface area contributed by atoms with E-state index in [1.54, 1.807) is 24.4 Å². The van der Waals surface area contributed by atoms with Crippen LogP contribution in [-0.2, 0) is 0 Å². The van der Waals surface area contributed by atoms with Crippen molar-refractivity contribution in [3.8, 4) is 0 Å². The minimum atomic E-state index is 0.569. The van der Waals surface area contributed by atoms with Crippen LogP contribution in [0, 0.1) is 0 Å². The Kier molecular flexibility index (Phi) is 3.64. The molecule has 1 aromatic rings. The molecule has 0 amide bonds. The van der Waals surface area contributed by atoms with Crippen molar-refractivity contribution in [1.29, 1.82) is 0 Å². The lowest BCUT2D eigenvalue weighted by Crippen LogP contribution is -2.30. The predicted molar refractivity (Wildman–Crippen MR) is 67.5 cm³/mol. The van der Waals surface area contributed by atoms with Gasteiger partial charge in [0, 0.05) is 12.1 Å². The molecule has 2 rings (SSSR count). The van der Waals surface area contributed by atoms with E-state index in [-0.39, 0.29) is 0 Å². The average Bonchev–Trinajstić information content (AvgIpc) is 2.75. The summed E-state index contributed by atoms with van der Waals surface area (Å²) in [6.07, 6.45) is 1.58. The van der Waals surface area contributed by atoms with Gasteiger partial charge in [-0.15, -0.1) is 0 Å². The first kappa shape index (κ1) is 11.2. The highest BCUT2D eigenvalue weighted by molar-refractivity contribution is 6.38. The van der Waals surface area contributed by atoms with E-state index in [2.05, 4.69) is 20.8 Å². The van der Waals surface area contributed by atoms with E-state index in [1.807, 2.05) is 0 Å². The van der Waals surface area contributed by atoms with Gasteiger partial charge in [-0.2, -0.15) is 5.10 Å². The zero-order valence-electron chi connectivity index (χ0n) is 8.37. The average molecular weight is 257 g/mol. The highest BCUT2D eigenvalue weighted by Crippen LogP contribution is 2.21. The summed E-state index contributed by atoms with van der Waals surface area (Å²) < 4.78 is 0. The second-order valence-corrected chi connectivity index (χ2v) is 3.98. The number of hydrogen-bond donors (Lipinski definition) is 2. The van der Waals surface area contributed by atoms with Gasteiger partial charge in [-0.1, -0.05) is 29.3 Å². The predicted octanol–water partition coefficient (Wildman–Crippen LogP) is 1.88. The van der Waals surface area contributed by atoms with Crippen molar-refractivity contribution in [2.75, 3.05) is 13.1 Å². The number of hydrogen-bond acceptors (Lipinski definition) is 4. The van der Waals surface area contributed by atoms with Crippen molar-refractivity contribution in [2.24, 2.45) is 10.1 Å². The maximum absolute atomic E-state index is 5.98. The van der Waals surface area contributed by atoms with Gasteiger partial charge in [-0.3, -0.25) is 0 Å². The Labute approximate surface area is 103 Å². The lowest BCUT2D eigenvalue weighted by atomic mass is 10.2. The number of halogens is 2. The Hall–Kier alpha value is -1.26. The van der Waals surface area contributed by atoms with E-state index in [4.69, 9.17) is 23.2 Å². The van der Waals surface area contributed by atoms with Crippen LogP contribution in [0.15, 0.2) is 28.3 Å². The molecule has 2 N–H and O–H groups in total. The van der Waals surface area contributed by atoms with Gasteiger partial charge in [0.05, 0.1) is 22.8 Å². The first-order chi connectivity index (χ1) is 7.77. The minimum Gasteiger partial charge on any atom is -0.353 e. The summed E-state index contributed by atoms with van der Waals surface area (Å²) in [6.45, 7) is 1.61. The summed E-state index contributed by atoms with van der Waals surface area (Å²) in [4.78, 5) is 4.13. The van der Waals surface area contributed by atoms with E-state index in [1.165, 1.54) is 0 Å². The third-order valence-electron chi connectivity index (χ3n) is 2.04. The number of nitrogens with one attached hydrogen (secondary N) is 2. The molecule has 0 aliphatic carbocycles. The molecule has 0 unspecified atom stereocenters. The summed E-state index contributed by atoms with van der Waals surface area (Å²) in [5.74, 6) is 0.666. The number of aliphatic imine (C=N–C) groups is 1. The molecular weight excluding hydrogens is 247 g/mol. The molecule has 0 spiro atoms. The number of benzene rings is 1. The third kappa shape index (κ3) is 2.65. The van der Waals surface area contributed by atoms with Crippen LogP contribution in [0.5, 0.6) is 0 Å². The van der Waals surface area contributed by atoms with Crippen molar-refractivity contribution < 1.29 is 0 Å². The minimum absolute atomic E-state index is 0.569. The molecule has 1 heterocycles. The second-order valence-electron chi connectivity index (χ2n) is 3.16. The van der Waals surface area contributed by atoms with Crippen LogP contribution < -0.4 is 10.7 Å². The van der Waals surface area contributed by atoms with Crippen molar-refractivity contribution in [3.63, 3.8) is 0 Å². The van der Waals surface area contributed by atoms with Gasteiger partial charge in [0.25, 0.3) is 0 Å². The molecule has 0 aromatic heterocycles. The van der Waals surface area contributed by atoms with Gasteiger partial charge in [0.15, 0.2) is 0 Å². The number of rotatable bonds is 2. The SMILES string of the molecule is Clc1cccc(Cl)c1/C=N\NC1=NCCN1. The maximum atomic E-state index is 5.98. The number of guanidine groups is 1. The summed E-state index contributed by atoms with van der Waals surface area (Å²) >= 11 is 12.0. The molecule has 0 bridgehead atoms. The van der Waals surface area contributed by atoms with Crippen LogP contribution in [0.3, 0.4) is 0 Å². The number of hydrazone groups is 1. The molecule has 0 radical (unpaired) electrons. The number of nitrogens with zero attached hydrogens (tertiary/aromatic N) is 2. The highest BCUT2D eigenvalue weighted by atomic mass is 35.5. The summed E-state index contributed by atoms with van der Waals surface area (Å²) in [5.41, 5.74) is 3.47. The molecule has 0 fully saturated rings. The quantitative estimate of drug-likeness (QED) is 0.627. The van der Waals surface area contributed by atoms with Crippen LogP contribution in [0.1, 0.15) is 5.56 Å². The van der Waals surface area contributed by atoms with Gasteiger partial charge in [0.2, 0.25) is 5.96 Å². The van der Waals surface area contributed by atoms with Gasteiger partial charge < -0.3 is 5.32 Å². The zero-order chi connectivity index (χ0) is 11.4. The molecule has 1 aliphatic rings. The lowest BCUT2D eigenvalue weighted by molar-refractivity contribution is 0.920. The Morgan fingerprint density at radius 2 is 2.12 bits per heavy atom. The van der Waals surface area contributed by atoms with Crippen molar-refractivity contribution >= 4 is 35.4 Å². The molecule has 1 aromatic carbocycles. The first-order valence-corrected chi connectivity index (χ1v) is 5.54. The smallest absolute Gasteiger partial charge is 0.212 e. The molecule has 4 nitrogen and oxygen atoms in total. The van der Waals surface area contributed by atoms with E-state index >= 15 is 0 Å².